The number of benzene rings is 1. The van der Waals surface area contributed by atoms with Gasteiger partial charge in [-0.1, -0.05) is 20.3 Å². The number of nitrogens with zero attached hydrogens (tertiary/aromatic N) is 2. The highest BCUT2D eigenvalue weighted by Gasteiger charge is 2.33. The average molecular weight is 284 g/mol. The van der Waals surface area contributed by atoms with E-state index >= 15 is 0 Å². The van der Waals surface area contributed by atoms with Gasteiger partial charge in [-0.25, -0.2) is 0 Å². The molecule has 0 aliphatic rings. The molecule has 0 saturated carbocycles. The Kier molecular flexibility index (Phi) is 5.43. The van der Waals surface area contributed by atoms with Crippen molar-refractivity contribution in [2.75, 3.05) is 18.0 Å². The van der Waals surface area contributed by atoms with Gasteiger partial charge in [-0.3, -0.25) is 0 Å². The maximum atomic E-state index is 12.8. The molecule has 0 radical (unpaired) electrons. The minimum absolute atomic E-state index is 0.322. The fraction of sp³-hybridized carbons (Fsp3) is 0.533. The number of alkyl halides is 3. The predicted molar refractivity (Wildman–Crippen MR) is 73.5 cm³/mol. The van der Waals surface area contributed by atoms with Crippen LogP contribution in [0.25, 0.3) is 0 Å². The summed E-state index contributed by atoms with van der Waals surface area (Å²) in [7, 11) is 0. The van der Waals surface area contributed by atoms with E-state index in [-0.39, 0.29) is 5.56 Å². The van der Waals surface area contributed by atoms with E-state index in [1.165, 1.54) is 12.1 Å². The first-order valence-electron chi connectivity index (χ1n) is 6.69. The molecule has 0 aliphatic carbocycles. The molecule has 0 aromatic heterocycles. The highest BCUT2D eigenvalue weighted by molar-refractivity contribution is 5.55. The van der Waals surface area contributed by atoms with Crippen LogP contribution in [0, 0.1) is 17.2 Å². The molecule has 1 atom stereocenters. The van der Waals surface area contributed by atoms with E-state index in [9.17, 15) is 13.2 Å². The van der Waals surface area contributed by atoms with Crippen LogP contribution in [0.3, 0.4) is 0 Å². The Morgan fingerprint density at radius 3 is 2.40 bits per heavy atom. The van der Waals surface area contributed by atoms with E-state index in [0.717, 1.165) is 19.0 Å². The molecule has 5 heteroatoms. The molecule has 1 aromatic carbocycles. The number of halogens is 3. The lowest BCUT2D eigenvalue weighted by Gasteiger charge is -2.26. The summed E-state index contributed by atoms with van der Waals surface area (Å²) in [6.07, 6.45) is -3.49. The molecular weight excluding hydrogens is 265 g/mol. The summed E-state index contributed by atoms with van der Waals surface area (Å²) >= 11 is 0. The van der Waals surface area contributed by atoms with E-state index in [1.54, 1.807) is 6.07 Å². The Morgan fingerprint density at radius 1 is 1.30 bits per heavy atom. The van der Waals surface area contributed by atoms with Gasteiger partial charge in [-0.2, -0.15) is 18.4 Å². The zero-order valence-electron chi connectivity index (χ0n) is 12.0. The van der Waals surface area contributed by atoms with E-state index in [1.807, 2.05) is 11.8 Å². The van der Waals surface area contributed by atoms with Crippen LogP contribution >= 0.6 is 0 Å². The lowest BCUT2D eigenvalue weighted by atomic mass is 10.0. The molecular formula is C15H19F3N2. The second-order valence-electron chi connectivity index (χ2n) is 4.89. The van der Waals surface area contributed by atoms with Crippen molar-refractivity contribution in [3.05, 3.63) is 29.3 Å². The van der Waals surface area contributed by atoms with Crippen molar-refractivity contribution in [3.8, 4) is 6.07 Å². The number of anilines is 1. The zero-order chi connectivity index (χ0) is 15.3. The Morgan fingerprint density at radius 2 is 1.95 bits per heavy atom. The van der Waals surface area contributed by atoms with Crippen LogP contribution in [0.15, 0.2) is 18.2 Å². The van der Waals surface area contributed by atoms with Crippen LogP contribution in [-0.2, 0) is 6.18 Å². The lowest BCUT2D eigenvalue weighted by Crippen LogP contribution is -2.28. The smallest absolute Gasteiger partial charge is 0.372 e. The second kappa shape index (κ2) is 6.65. The maximum absolute atomic E-state index is 12.8. The van der Waals surface area contributed by atoms with Crippen molar-refractivity contribution < 1.29 is 13.2 Å². The molecule has 1 rings (SSSR count). The number of nitriles is 1. The summed E-state index contributed by atoms with van der Waals surface area (Å²) < 4.78 is 38.3. The molecule has 0 N–H and O–H groups in total. The third-order valence-electron chi connectivity index (χ3n) is 3.40. The Balaban J connectivity index is 3.12. The molecule has 1 aromatic rings. The first-order chi connectivity index (χ1) is 9.33. The van der Waals surface area contributed by atoms with Crippen molar-refractivity contribution in [1.29, 1.82) is 5.26 Å². The maximum Gasteiger partial charge on any atom is 0.417 e. The van der Waals surface area contributed by atoms with Crippen molar-refractivity contribution in [2.24, 2.45) is 5.92 Å². The van der Waals surface area contributed by atoms with Gasteiger partial charge in [0.1, 0.15) is 0 Å². The molecule has 20 heavy (non-hydrogen) atoms. The van der Waals surface area contributed by atoms with Gasteiger partial charge in [-0.05, 0) is 31.0 Å². The van der Waals surface area contributed by atoms with E-state index in [2.05, 4.69) is 13.8 Å². The summed E-state index contributed by atoms with van der Waals surface area (Å²) in [6.45, 7) is 7.58. The standard InChI is InChI=1S/C15H19F3N2/c1-4-11(3)10-20(5-2)13-6-7-14(15(16,17)18)12(8-13)9-19/h6-8,11H,4-5,10H2,1-3H3. The van der Waals surface area contributed by atoms with Gasteiger partial charge in [-0.15, -0.1) is 0 Å². The molecule has 0 amide bonds. The van der Waals surface area contributed by atoms with Crippen LogP contribution in [0.1, 0.15) is 38.3 Å². The van der Waals surface area contributed by atoms with Crippen molar-refractivity contribution in [1.82, 2.24) is 0 Å². The second-order valence-corrected chi connectivity index (χ2v) is 4.89. The van der Waals surface area contributed by atoms with Crippen LogP contribution < -0.4 is 4.90 Å². The van der Waals surface area contributed by atoms with E-state index < -0.39 is 11.7 Å². The van der Waals surface area contributed by atoms with Gasteiger partial charge in [0.25, 0.3) is 0 Å². The fourth-order valence-corrected chi connectivity index (χ4v) is 1.99. The molecule has 0 fully saturated rings. The highest BCUT2D eigenvalue weighted by atomic mass is 19.4. The summed E-state index contributed by atoms with van der Waals surface area (Å²) in [5.74, 6) is 0.447. The first kappa shape index (κ1) is 16.4. The van der Waals surface area contributed by atoms with Crippen LogP contribution in [-0.4, -0.2) is 13.1 Å². The topological polar surface area (TPSA) is 27.0 Å². The van der Waals surface area contributed by atoms with Crippen molar-refractivity contribution in [2.45, 2.75) is 33.4 Å². The molecule has 110 valence electrons. The predicted octanol–water partition coefficient (Wildman–Crippen LogP) is 4.45. The van der Waals surface area contributed by atoms with Gasteiger partial charge in [0.2, 0.25) is 0 Å². The van der Waals surface area contributed by atoms with Crippen LogP contribution in [0.2, 0.25) is 0 Å². The third kappa shape index (κ3) is 3.89. The molecule has 0 spiro atoms. The molecule has 2 nitrogen and oxygen atoms in total. The van der Waals surface area contributed by atoms with E-state index in [4.69, 9.17) is 5.26 Å². The van der Waals surface area contributed by atoms with Gasteiger partial charge in [0.15, 0.2) is 0 Å². The van der Waals surface area contributed by atoms with Crippen LogP contribution in [0.4, 0.5) is 18.9 Å². The minimum atomic E-state index is -4.49. The molecule has 0 saturated heterocycles. The first-order valence-corrected chi connectivity index (χ1v) is 6.69. The Bertz CT molecular complexity index is 489. The normalized spacial score (nSPS) is 12.8. The number of hydrogen-bond donors (Lipinski definition) is 0. The van der Waals surface area contributed by atoms with Gasteiger partial charge >= 0.3 is 6.18 Å². The molecule has 0 heterocycles. The third-order valence-corrected chi connectivity index (χ3v) is 3.40. The van der Waals surface area contributed by atoms with E-state index in [0.29, 0.717) is 18.2 Å². The van der Waals surface area contributed by atoms with Crippen molar-refractivity contribution in [3.63, 3.8) is 0 Å². The minimum Gasteiger partial charge on any atom is -0.372 e. The number of rotatable bonds is 5. The lowest BCUT2D eigenvalue weighted by molar-refractivity contribution is -0.137. The molecule has 0 aliphatic heterocycles. The summed E-state index contributed by atoms with van der Waals surface area (Å²) in [5, 5.41) is 8.92. The quantitative estimate of drug-likeness (QED) is 0.798. The fourth-order valence-electron chi connectivity index (χ4n) is 1.99. The van der Waals surface area contributed by atoms with Crippen LogP contribution in [0.5, 0.6) is 0 Å². The summed E-state index contributed by atoms with van der Waals surface area (Å²) in [5.41, 5.74) is -0.529. The largest absolute Gasteiger partial charge is 0.417 e. The van der Waals surface area contributed by atoms with Gasteiger partial charge in [0, 0.05) is 18.8 Å². The van der Waals surface area contributed by atoms with Gasteiger partial charge < -0.3 is 4.90 Å². The molecule has 0 bridgehead atoms. The summed E-state index contributed by atoms with van der Waals surface area (Å²) in [4.78, 5) is 2.00. The monoisotopic (exact) mass is 284 g/mol. The number of hydrogen-bond acceptors (Lipinski definition) is 2. The van der Waals surface area contributed by atoms with Gasteiger partial charge in [0.05, 0.1) is 17.2 Å². The zero-order valence-corrected chi connectivity index (χ0v) is 12.0. The highest BCUT2D eigenvalue weighted by Crippen LogP contribution is 2.33. The average Bonchev–Trinajstić information content (AvgIpc) is 2.42. The Labute approximate surface area is 117 Å². The van der Waals surface area contributed by atoms with Crippen molar-refractivity contribution >= 4 is 5.69 Å². The SMILES string of the molecule is CCC(C)CN(CC)c1ccc(C(F)(F)F)c(C#N)c1. The molecule has 1 unspecified atom stereocenters. The summed E-state index contributed by atoms with van der Waals surface area (Å²) in [6, 6.07) is 5.40. The Hall–Kier alpha value is -1.70.